The number of thiazole rings is 1. The van der Waals surface area contributed by atoms with Crippen molar-refractivity contribution in [2.75, 3.05) is 5.73 Å². The second-order valence-corrected chi connectivity index (χ2v) is 5.26. The maximum absolute atomic E-state index is 6.12. The van der Waals surface area contributed by atoms with Crippen LogP contribution < -0.4 is 5.73 Å². The van der Waals surface area contributed by atoms with Gasteiger partial charge < -0.3 is 5.73 Å². The summed E-state index contributed by atoms with van der Waals surface area (Å²) in [6.45, 7) is 0. The third-order valence-electron chi connectivity index (χ3n) is 2.67. The molecule has 2 heterocycles. The number of benzene rings is 1. The van der Waals surface area contributed by atoms with Gasteiger partial charge in [0.25, 0.3) is 0 Å². The van der Waals surface area contributed by atoms with E-state index in [4.69, 9.17) is 17.3 Å². The van der Waals surface area contributed by atoms with Gasteiger partial charge in [-0.05, 0) is 24.3 Å². The first-order valence-corrected chi connectivity index (χ1v) is 6.92. The lowest BCUT2D eigenvalue weighted by Crippen LogP contribution is -1.85. The van der Waals surface area contributed by atoms with Crippen molar-refractivity contribution in [3.63, 3.8) is 0 Å². The van der Waals surface area contributed by atoms with E-state index in [0.717, 1.165) is 27.6 Å². The second kappa shape index (κ2) is 4.99. The van der Waals surface area contributed by atoms with Gasteiger partial charge in [0.2, 0.25) is 0 Å². The summed E-state index contributed by atoms with van der Waals surface area (Å²) < 4.78 is 0. The number of nitrogens with zero attached hydrogens (tertiary/aromatic N) is 2. The maximum atomic E-state index is 6.12. The van der Waals surface area contributed by atoms with E-state index in [1.165, 1.54) is 11.3 Å². The molecule has 0 radical (unpaired) electrons. The van der Waals surface area contributed by atoms with E-state index in [-0.39, 0.29) is 0 Å². The molecule has 0 saturated heterocycles. The molecule has 0 fully saturated rings. The third kappa shape index (κ3) is 2.45. The molecule has 0 spiro atoms. The van der Waals surface area contributed by atoms with Gasteiger partial charge in [0.15, 0.2) is 0 Å². The molecular formula is C14H10ClN3S. The number of aromatic nitrogens is 2. The van der Waals surface area contributed by atoms with Crippen LogP contribution in [0.1, 0.15) is 0 Å². The van der Waals surface area contributed by atoms with E-state index < -0.39 is 0 Å². The molecule has 19 heavy (non-hydrogen) atoms. The third-order valence-corrected chi connectivity index (χ3v) is 3.83. The summed E-state index contributed by atoms with van der Waals surface area (Å²) in [4.78, 5) is 8.84. The molecule has 3 rings (SSSR count). The Labute approximate surface area is 119 Å². The van der Waals surface area contributed by atoms with Crippen LogP contribution in [0.5, 0.6) is 0 Å². The lowest BCUT2D eigenvalue weighted by Gasteiger charge is -1.98. The molecule has 0 bridgehead atoms. The summed E-state index contributed by atoms with van der Waals surface area (Å²) in [6.07, 6.45) is 1.71. The first-order chi connectivity index (χ1) is 9.24. The molecule has 2 aromatic heterocycles. The van der Waals surface area contributed by atoms with Crippen LogP contribution in [0.2, 0.25) is 5.02 Å². The van der Waals surface area contributed by atoms with Crippen LogP contribution in [-0.2, 0) is 0 Å². The highest BCUT2D eigenvalue weighted by Crippen LogP contribution is 2.31. The van der Waals surface area contributed by atoms with Crippen LogP contribution >= 0.6 is 22.9 Å². The Bertz CT molecular complexity index is 707. The topological polar surface area (TPSA) is 51.8 Å². The zero-order valence-electron chi connectivity index (χ0n) is 9.88. The summed E-state index contributed by atoms with van der Waals surface area (Å²) >= 11 is 7.65. The minimum Gasteiger partial charge on any atom is -0.399 e. The number of nitrogen functional groups attached to an aromatic ring is 1. The minimum absolute atomic E-state index is 0.612. The second-order valence-electron chi connectivity index (χ2n) is 3.99. The van der Waals surface area contributed by atoms with Crippen LogP contribution in [0, 0.1) is 0 Å². The molecule has 2 N–H and O–H groups in total. The van der Waals surface area contributed by atoms with E-state index in [2.05, 4.69) is 9.97 Å². The van der Waals surface area contributed by atoms with Gasteiger partial charge >= 0.3 is 0 Å². The maximum Gasteiger partial charge on any atom is 0.144 e. The van der Waals surface area contributed by atoms with Crippen molar-refractivity contribution in [3.8, 4) is 22.0 Å². The smallest absolute Gasteiger partial charge is 0.144 e. The summed E-state index contributed by atoms with van der Waals surface area (Å²) in [5.74, 6) is 0. The van der Waals surface area contributed by atoms with Gasteiger partial charge in [-0.15, -0.1) is 11.3 Å². The van der Waals surface area contributed by atoms with Crippen LogP contribution in [-0.4, -0.2) is 9.97 Å². The quantitative estimate of drug-likeness (QED) is 0.722. The van der Waals surface area contributed by atoms with Gasteiger partial charge in [-0.2, -0.15) is 0 Å². The zero-order valence-corrected chi connectivity index (χ0v) is 11.4. The van der Waals surface area contributed by atoms with Crippen molar-refractivity contribution in [3.05, 3.63) is 53.0 Å². The highest BCUT2D eigenvalue weighted by atomic mass is 35.5. The van der Waals surface area contributed by atoms with Crippen LogP contribution in [0.4, 0.5) is 5.69 Å². The van der Waals surface area contributed by atoms with Crippen molar-refractivity contribution in [2.24, 2.45) is 0 Å². The number of rotatable bonds is 2. The van der Waals surface area contributed by atoms with E-state index in [9.17, 15) is 0 Å². The van der Waals surface area contributed by atoms with Crippen molar-refractivity contribution >= 4 is 28.6 Å². The average Bonchev–Trinajstić information content (AvgIpc) is 2.89. The molecule has 0 aliphatic rings. The van der Waals surface area contributed by atoms with Gasteiger partial charge in [0.1, 0.15) is 10.7 Å². The van der Waals surface area contributed by atoms with Gasteiger partial charge in [-0.3, -0.25) is 4.98 Å². The zero-order chi connectivity index (χ0) is 13.2. The molecule has 0 atom stereocenters. The fourth-order valence-corrected chi connectivity index (χ4v) is 2.82. The molecule has 0 aliphatic heterocycles. The number of anilines is 1. The number of hydrogen-bond donors (Lipinski definition) is 1. The van der Waals surface area contributed by atoms with Gasteiger partial charge in [-0.25, -0.2) is 4.98 Å². The Morgan fingerprint density at radius 1 is 1.11 bits per heavy atom. The lowest BCUT2D eigenvalue weighted by molar-refractivity contribution is 1.29. The van der Waals surface area contributed by atoms with Crippen LogP contribution in [0.3, 0.4) is 0 Å². The van der Waals surface area contributed by atoms with Crippen molar-refractivity contribution in [1.82, 2.24) is 9.97 Å². The van der Waals surface area contributed by atoms with Gasteiger partial charge in [-0.1, -0.05) is 23.7 Å². The predicted octanol–water partition coefficient (Wildman–Crippen LogP) is 4.11. The fourth-order valence-electron chi connectivity index (χ4n) is 1.71. The highest BCUT2D eigenvalue weighted by molar-refractivity contribution is 7.13. The number of halogens is 1. The van der Waals surface area contributed by atoms with E-state index in [0.29, 0.717) is 5.02 Å². The van der Waals surface area contributed by atoms with E-state index in [1.807, 2.05) is 35.7 Å². The molecule has 0 saturated carbocycles. The molecule has 94 valence electrons. The standard InChI is InChI=1S/C14H10ClN3S/c15-11-2-1-7-17-13(11)14-18-12(8-19-14)9-3-5-10(16)6-4-9/h1-8H,16H2. The average molecular weight is 288 g/mol. The van der Waals surface area contributed by atoms with E-state index in [1.54, 1.807) is 12.3 Å². The molecular weight excluding hydrogens is 278 g/mol. The van der Waals surface area contributed by atoms with Gasteiger partial charge in [0.05, 0.1) is 10.7 Å². The van der Waals surface area contributed by atoms with Crippen molar-refractivity contribution < 1.29 is 0 Å². The largest absolute Gasteiger partial charge is 0.399 e. The van der Waals surface area contributed by atoms with Crippen molar-refractivity contribution in [2.45, 2.75) is 0 Å². The normalized spacial score (nSPS) is 10.6. The number of nitrogens with two attached hydrogens (primary N) is 1. The molecule has 0 aliphatic carbocycles. The molecule has 0 amide bonds. The molecule has 0 unspecified atom stereocenters. The van der Waals surface area contributed by atoms with E-state index >= 15 is 0 Å². The van der Waals surface area contributed by atoms with Crippen LogP contribution in [0.25, 0.3) is 22.0 Å². The summed E-state index contributed by atoms with van der Waals surface area (Å²) in [5.41, 5.74) is 9.07. The minimum atomic E-state index is 0.612. The van der Waals surface area contributed by atoms with Crippen molar-refractivity contribution in [1.29, 1.82) is 0 Å². The molecule has 5 heteroatoms. The summed E-state index contributed by atoms with van der Waals surface area (Å²) in [6, 6.07) is 11.3. The lowest BCUT2D eigenvalue weighted by atomic mass is 10.1. The van der Waals surface area contributed by atoms with Gasteiger partial charge in [0, 0.05) is 22.8 Å². The summed E-state index contributed by atoms with van der Waals surface area (Å²) in [5, 5.41) is 3.42. The molecule has 3 nitrogen and oxygen atoms in total. The van der Waals surface area contributed by atoms with Crippen LogP contribution in [0.15, 0.2) is 48.0 Å². The molecule has 1 aromatic carbocycles. The SMILES string of the molecule is Nc1ccc(-c2csc(-c3ncccc3Cl)n2)cc1. The fraction of sp³-hybridized carbons (Fsp3) is 0. The first-order valence-electron chi connectivity index (χ1n) is 5.66. The number of hydrogen-bond acceptors (Lipinski definition) is 4. The monoisotopic (exact) mass is 287 g/mol. The first kappa shape index (κ1) is 12.1. The Morgan fingerprint density at radius 2 is 1.89 bits per heavy atom. The summed E-state index contributed by atoms with van der Waals surface area (Å²) in [7, 11) is 0. The molecule has 3 aromatic rings. The Hall–Kier alpha value is -1.91. The Morgan fingerprint density at radius 3 is 2.63 bits per heavy atom. The highest BCUT2D eigenvalue weighted by Gasteiger charge is 2.10. The Balaban J connectivity index is 2.00. The Kier molecular flexibility index (Phi) is 3.19. The predicted molar refractivity (Wildman–Crippen MR) is 80.2 cm³/mol. The number of pyridine rings is 1.